The number of carbonyl (C=O) groups excluding carboxylic acids is 1. The Morgan fingerprint density at radius 1 is 1.71 bits per heavy atom. The summed E-state index contributed by atoms with van der Waals surface area (Å²) in [5, 5.41) is 0. The number of hydrogen-bond acceptors (Lipinski definition) is 7. The number of aromatic nitrogens is 2. The third kappa shape index (κ3) is 2.84. The first-order valence-corrected chi connectivity index (χ1v) is 6.47. The van der Waals surface area contributed by atoms with E-state index in [9.17, 15) is 4.79 Å². The Morgan fingerprint density at radius 2 is 2.53 bits per heavy atom. The number of furan rings is 1. The molecule has 2 heterocycles. The van der Waals surface area contributed by atoms with Crippen LogP contribution < -0.4 is 11.3 Å². The second-order valence-electron chi connectivity index (χ2n) is 3.13. The minimum absolute atomic E-state index is 0.359. The summed E-state index contributed by atoms with van der Waals surface area (Å²) in [6.07, 6.45) is 1.46. The fourth-order valence-electron chi connectivity index (χ4n) is 1.20. The number of thioether (sulfide) groups is 1. The number of hydrogen-bond donors (Lipinski definition) is 2. The van der Waals surface area contributed by atoms with Crippen molar-refractivity contribution in [3.63, 3.8) is 0 Å². The van der Waals surface area contributed by atoms with E-state index in [0.717, 1.165) is 10.2 Å². The third-order valence-corrected chi connectivity index (χ3v) is 3.88. The highest BCUT2D eigenvalue weighted by Gasteiger charge is 2.14. The zero-order chi connectivity index (χ0) is 12.3. The maximum atomic E-state index is 11.4. The molecule has 0 saturated carbocycles. The van der Waals surface area contributed by atoms with E-state index in [1.807, 2.05) is 6.92 Å². The summed E-state index contributed by atoms with van der Waals surface area (Å²) < 4.78 is 10.2. The van der Waals surface area contributed by atoms with E-state index in [0.29, 0.717) is 17.1 Å². The van der Waals surface area contributed by atoms with E-state index in [1.165, 1.54) is 29.6 Å². The van der Waals surface area contributed by atoms with Crippen LogP contribution in [0.4, 0.5) is 0 Å². The predicted octanol–water partition coefficient (Wildman–Crippen LogP) is 1.34. The molecular formula is C9H10N4O2S2. The lowest BCUT2D eigenvalue weighted by molar-refractivity contribution is 0.0952. The van der Waals surface area contributed by atoms with Crippen molar-refractivity contribution < 1.29 is 9.21 Å². The number of nitrogens with zero attached hydrogens (tertiary/aromatic N) is 2. The van der Waals surface area contributed by atoms with Gasteiger partial charge in [-0.1, -0.05) is 11.8 Å². The van der Waals surface area contributed by atoms with Gasteiger partial charge >= 0.3 is 0 Å². The zero-order valence-corrected chi connectivity index (χ0v) is 10.6. The van der Waals surface area contributed by atoms with Crippen molar-refractivity contribution in [3.05, 3.63) is 29.5 Å². The minimum atomic E-state index is -0.359. The summed E-state index contributed by atoms with van der Waals surface area (Å²) in [5.74, 6) is 6.56. The molecule has 6 nitrogen and oxygen atoms in total. The van der Waals surface area contributed by atoms with Gasteiger partial charge in [0.05, 0.1) is 17.6 Å². The molecular weight excluding hydrogens is 260 g/mol. The molecule has 0 radical (unpaired) electrons. The number of nitrogens with two attached hydrogens (primary N) is 1. The highest BCUT2D eigenvalue weighted by atomic mass is 32.2. The van der Waals surface area contributed by atoms with Crippen molar-refractivity contribution in [1.29, 1.82) is 0 Å². The zero-order valence-electron chi connectivity index (χ0n) is 8.97. The Morgan fingerprint density at radius 3 is 3.18 bits per heavy atom. The monoisotopic (exact) mass is 270 g/mol. The number of nitrogens with one attached hydrogen (secondary N) is 1. The third-order valence-electron chi connectivity index (χ3n) is 1.96. The van der Waals surface area contributed by atoms with Gasteiger partial charge in [0, 0.05) is 0 Å². The molecule has 2 aromatic rings. The quantitative estimate of drug-likeness (QED) is 0.377. The first kappa shape index (κ1) is 12.1. The largest absolute Gasteiger partial charge is 0.468 e. The van der Waals surface area contributed by atoms with Gasteiger partial charge in [0.15, 0.2) is 4.34 Å². The van der Waals surface area contributed by atoms with Crippen LogP contribution in [-0.2, 0) is 5.75 Å². The van der Waals surface area contributed by atoms with Gasteiger partial charge in [-0.15, -0.1) is 0 Å². The van der Waals surface area contributed by atoms with Crippen LogP contribution in [0.25, 0.3) is 0 Å². The number of carbonyl (C=O) groups is 1. The van der Waals surface area contributed by atoms with Crippen molar-refractivity contribution in [2.24, 2.45) is 5.84 Å². The smallest absolute Gasteiger partial charge is 0.268 e. The summed E-state index contributed by atoms with van der Waals surface area (Å²) in [6, 6.07) is 1.59. The maximum Gasteiger partial charge on any atom is 0.268 e. The van der Waals surface area contributed by atoms with Crippen molar-refractivity contribution in [2.45, 2.75) is 17.0 Å². The van der Waals surface area contributed by atoms with Crippen molar-refractivity contribution >= 4 is 29.2 Å². The van der Waals surface area contributed by atoms with Gasteiger partial charge in [-0.05, 0) is 24.5 Å². The Bertz CT molecular complexity index is 523. The van der Waals surface area contributed by atoms with Gasteiger partial charge in [-0.3, -0.25) is 10.2 Å². The molecule has 1 amide bonds. The summed E-state index contributed by atoms with van der Waals surface area (Å²) in [4.78, 5) is 15.6. The van der Waals surface area contributed by atoms with Crippen molar-refractivity contribution in [1.82, 2.24) is 14.8 Å². The second kappa shape index (κ2) is 5.30. The predicted molar refractivity (Wildman–Crippen MR) is 64.6 cm³/mol. The van der Waals surface area contributed by atoms with Crippen LogP contribution in [0.5, 0.6) is 0 Å². The summed E-state index contributed by atoms with van der Waals surface area (Å²) in [6.45, 7) is 1.83. The second-order valence-corrected chi connectivity index (χ2v) is 5.10. The SMILES string of the molecule is Cc1nsc(SCc2occc2C(=O)NN)n1. The topological polar surface area (TPSA) is 94.0 Å². The first-order chi connectivity index (χ1) is 8.20. The fraction of sp³-hybridized carbons (Fsp3) is 0.222. The molecule has 0 aliphatic heterocycles. The average Bonchev–Trinajstić information content (AvgIpc) is 2.94. The van der Waals surface area contributed by atoms with Crippen LogP contribution in [0.3, 0.4) is 0 Å². The molecule has 2 rings (SSSR count). The molecule has 0 unspecified atom stereocenters. The lowest BCUT2D eigenvalue weighted by atomic mass is 10.2. The molecule has 0 atom stereocenters. The molecule has 0 aliphatic carbocycles. The number of hydrazine groups is 1. The molecule has 2 aromatic heterocycles. The molecule has 0 saturated heterocycles. The lowest BCUT2D eigenvalue weighted by Crippen LogP contribution is -2.30. The highest BCUT2D eigenvalue weighted by Crippen LogP contribution is 2.26. The summed E-state index contributed by atoms with van der Waals surface area (Å²) in [5.41, 5.74) is 2.52. The van der Waals surface area contributed by atoms with E-state index >= 15 is 0 Å². The van der Waals surface area contributed by atoms with Gasteiger partial charge in [-0.2, -0.15) is 4.37 Å². The minimum Gasteiger partial charge on any atom is -0.468 e. The van der Waals surface area contributed by atoms with Gasteiger partial charge in [0.25, 0.3) is 5.91 Å². The van der Waals surface area contributed by atoms with Crippen molar-refractivity contribution in [2.75, 3.05) is 0 Å². The van der Waals surface area contributed by atoms with E-state index in [1.54, 1.807) is 6.07 Å². The Kier molecular flexibility index (Phi) is 3.77. The molecule has 0 aliphatic rings. The first-order valence-electron chi connectivity index (χ1n) is 4.71. The van der Waals surface area contributed by atoms with Crippen LogP contribution >= 0.6 is 23.3 Å². The fourth-order valence-corrected chi connectivity index (χ4v) is 2.79. The van der Waals surface area contributed by atoms with Gasteiger partial charge in [0.2, 0.25) is 0 Å². The molecule has 0 aromatic carbocycles. The van der Waals surface area contributed by atoms with Crippen molar-refractivity contribution in [3.8, 4) is 0 Å². The number of aryl methyl sites for hydroxylation is 1. The van der Waals surface area contributed by atoms with Gasteiger partial charge < -0.3 is 4.42 Å². The van der Waals surface area contributed by atoms with E-state index < -0.39 is 0 Å². The van der Waals surface area contributed by atoms with Gasteiger partial charge in [-0.25, -0.2) is 10.8 Å². The molecule has 0 bridgehead atoms. The number of rotatable bonds is 4. The van der Waals surface area contributed by atoms with Crippen LogP contribution in [0.2, 0.25) is 0 Å². The average molecular weight is 270 g/mol. The molecule has 17 heavy (non-hydrogen) atoms. The standard InChI is InChI=1S/C9H10N4O2S2/c1-5-11-9(17-13-5)16-4-7-6(2-3-15-7)8(14)12-10/h2-3H,4,10H2,1H3,(H,12,14). The van der Waals surface area contributed by atoms with E-state index in [4.69, 9.17) is 10.3 Å². The molecule has 8 heteroatoms. The number of amides is 1. The van der Waals surface area contributed by atoms with Crippen LogP contribution in [0.15, 0.2) is 21.1 Å². The molecule has 0 spiro atoms. The Hall–Kier alpha value is -1.38. The molecule has 3 N–H and O–H groups in total. The Labute approximate surface area is 106 Å². The van der Waals surface area contributed by atoms with Crippen LogP contribution in [0, 0.1) is 6.92 Å². The normalized spacial score (nSPS) is 10.5. The summed E-state index contributed by atoms with van der Waals surface area (Å²) >= 11 is 2.80. The van der Waals surface area contributed by atoms with E-state index in [2.05, 4.69) is 14.8 Å². The number of nitrogen functional groups attached to an aromatic ring is 1. The van der Waals surface area contributed by atoms with Crippen LogP contribution in [-0.4, -0.2) is 15.3 Å². The maximum absolute atomic E-state index is 11.4. The molecule has 90 valence electrons. The van der Waals surface area contributed by atoms with E-state index in [-0.39, 0.29) is 5.91 Å². The van der Waals surface area contributed by atoms with Crippen LogP contribution in [0.1, 0.15) is 21.9 Å². The summed E-state index contributed by atoms with van der Waals surface area (Å²) in [7, 11) is 0. The Balaban J connectivity index is 2.04. The highest BCUT2D eigenvalue weighted by molar-refractivity contribution is 8.00. The lowest BCUT2D eigenvalue weighted by Gasteiger charge is -1.99. The van der Waals surface area contributed by atoms with Gasteiger partial charge in [0.1, 0.15) is 11.6 Å². The molecule has 0 fully saturated rings.